The van der Waals surface area contributed by atoms with E-state index >= 15 is 0 Å². The van der Waals surface area contributed by atoms with Gasteiger partial charge in [0.2, 0.25) is 5.91 Å². The number of aliphatic hydroxyl groups excluding tert-OH is 1. The molecule has 0 saturated heterocycles. The van der Waals surface area contributed by atoms with Crippen LogP contribution in [0.1, 0.15) is 30.0 Å². The van der Waals surface area contributed by atoms with Gasteiger partial charge in [0.05, 0.1) is 24.8 Å². The lowest BCUT2D eigenvalue weighted by atomic mass is 9.75. The molecule has 0 radical (unpaired) electrons. The van der Waals surface area contributed by atoms with Gasteiger partial charge in [-0.15, -0.1) is 0 Å². The zero-order valence-electron chi connectivity index (χ0n) is 13.2. The van der Waals surface area contributed by atoms with E-state index in [9.17, 15) is 14.3 Å². The molecule has 1 atom stereocenters. The molecule has 1 fully saturated rings. The fourth-order valence-corrected chi connectivity index (χ4v) is 3.29. The maximum Gasteiger partial charge on any atom is 0.225 e. The summed E-state index contributed by atoms with van der Waals surface area (Å²) in [5.41, 5.74) is 1.07. The lowest BCUT2D eigenvalue weighted by Gasteiger charge is -2.37. The molecule has 24 heavy (non-hydrogen) atoms. The first-order chi connectivity index (χ1) is 11.4. The third-order valence-corrected chi connectivity index (χ3v) is 4.77. The fraction of sp³-hybridized carbons (Fsp3) is 0.412. The van der Waals surface area contributed by atoms with Gasteiger partial charge in [0.25, 0.3) is 0 Å². The number of aliphatic hydroxyl groups is 1. The molecule has 1 aromatic carbocycles. The molecule has 0 spiro atoms. The summed E-state index contributed by atoms with van der Waals surface area (Å²) in [6.07, 6.45) is 4.34. The van der Waals surface area contributed by atoms with Crippen LogP contribution < -0.4 is 5.32 Å². The number of hydrogen-bond donors (Lipinski definition) is 2. The van der Waals surface area contributed by atoms with E-state index in [-0.39, 0.29) is 41.0 Å². The number of carbonyl (C=O) groups is 1. The first-order valence-corrected chi connectivity index (χ1v) is 8.20. The Kier molecular flexibility index (Phi) is 4.87. The highest BCUT2D eigenvalue weighted by Crippen LogP contribution is 2.38. The highest BCUT2D eigenvalue weighted by Gasteiger charge is 2.36. The van der Waals surface area contributed by atoms with E-state index in [1.54, 1.807) is 24.0 Å². The largest absolute Gasteiger partial charge is 0.393 e. The van der Waals surface area contributed by atoms with Gasteiger partial charge in [0, 0.05) is 29.4 Å². The van der Waals surface area contributed by atoms with E-state index < -0.39 is 5.82 Å². The highest BCUT2D eigenvalue weighted by atomic mass is 35.5. The van der Waals surface area contributed by atoms with Crippen molar-refractivity contribution in [1.82, 2.24) is 15.1 Å². The van der Waals surface area contributed by atoms with Crippen LogP contribution in [-0.2, 0) is 18.3 Å². The molecule has 0 aliphatic heterocycles. The zero-order valence-corrected chi connectivity index (χ0v) is 14.0. The van der Waals surface area contributed by atoms with Gasteiger partial charge >= 0.3 is 0 Å². The van der Waals surface area contributed by atoms with Crippen LogP contribution in [0.5, 0.6) is 0 Å². The van der Waals surface area contributed by atoms with Gasteiger partial charge in [0.15, 0.2) is 0 Å². The third-order valence-electron chi connectivity index (χ3n) is 4.42. The number of halogens is 2. The maximum absolute atomic E-state index is 13.9. The van der Waals surface area contributed by atoms with Crippen LogP contribution in [0.3, 0.4) is 0 Å². The van der Waals surface area contributed by atoms with Crippen molar-refractivity contribution >= 4 is 17.5 Å². The van der Waals surface area contributed by atoms with Crippen LogP contribution in [0, 0.1) is 11.7 Å². The minimum absolute atomic E-state index is 0.127. The van der Waals surface area contributed by atoms with Crippen molar-refractivity contribution in [2.24, 2.45) is 13.0 Å². The second kappa shape index (κ2) is 6.91. The molecule has 1 heterocycles. The van der Waals surface area contributed by atoms with Crippen LogP contribution in [0.25, 0.3) is 0 Å². The number of amides is 1. The molecule has 0 unspecified atom stereocenters. The fourth-order valence-electron chi connectivity index (χ4n) is 3.06. The maximum atomic E-state index is 13.9. The minimum atomic E-state index is -0.491. The summed E-state index contributed by atoms with van der Waals surface area (Å²) in [6.45, 7) is 0. The molecule has 128 valence electrons. The van der Waals surface area contributed by atoms with Gasteiger partial charge in [-0.2, -0.15) is 5.10 Å². The zero-order chi connectivity index (χ0) is 17.3. The van der Waals surface area contributed by atoms with Crippen LogP contribution in [0.4, 0.5) is 4.39 Å². The number of aromatic nitrogens is 2. The normalized spacial score (nSPS) is 21.2. The summed E-state index contributed by atoms with van der Waals surface area (Å²) in [5, 5.41) is 16.9. The summed E-state index contributed by atoms with van der Waals surface area (Å²) < 4.78 is 15.5. The van der Waals surface area contributed by atoms with E-state index in [1.807, 2.05) is 6.20 Å². The van der Waals surface area contributed by atoms with Crippen LogP contribution in [0.15, 0.2) is 30.6 Å². The molecule has 1 aromatic heterocycles. The average Bonchev–Trinajstić information content (AvgIpc) is 2.92. The Hall–Kier alpha value is -1.92. The van der Waals surface area contributed by atoms with E-state index in [2.05, 4.69) is 10.4 Å². The van der Waals surface area contributed by atoms with E-state index in [0.717, 1.165) is 5.56 Å². The number of nitrogens with one attached hydrogen (secondary N) is 1. The van der Waals surface area contributed by atoms with Gasteiger partial charge < -0.3 is 10.4 Å². The highest BCUT2D eigenvalue weighted by molar-refractivity contribution is 6.31. The summed E-state index contributed by atoms with van der Waals surface area (Å²) >= 11 is 5.98. The van der Waals surface area contributed by atoms with Crippen molar-refractivity contribution in [3.05, 3.63) is 52.6 Å². The van der Waals surface area contributed by atoms with Crippen molar-refractivity contribution in [3.8, 4) is 0 Å². The van der Waals surface area contributed by atoms with Gasteiger partial charge in [-0.05, 0) is 30.9 Å². The standard InChI is InChI=1S/C17H19ClFN3O2/c1-22-9-11(8-20-22)17(10-5-12(23)6-10)21-16(24)7-13-14(18)3-2-4-15(13)19/h2-4,8-10,12,17,23H,5-7H2,1H3,(H,21,24)/t10?,12?,17-/m0/s1. The van der Waals surface area contributed by atoms with Crippen LogP contribution in [-0.4, -0.2) is 26.9 Å². The predicted octanol–water partition coefficient (Wildman–Crippen LogP) is 2.38. The molecule has 5 nitrogen and oxygen atoms in total. The van der Waals surface area contributed by atoms with E-state index in [1.165, 1.54) is 12.1 Å². The van der Waals surface area contributed by atoms with E-state index in [0.29, 0.717) is 12.8 Å². The Morgan fingerprint density at radius 2 is 2.29 bits per heavy atom. The van der Waals surface area contributed by atoms with Gasteiger partial charge in [-0.25, -0.2) is 4.39 Å². The smallest absolute Gasteiger partial charge is 0.225 e. The van der Waals surface area contributed by atoms with Gasteiger partial charge in [0.1, 0.15) is 5.82 Å². The topological polar surface area (TPSA) is 67.2 Å². The summed E-state index contributed by atoms with van der Waals surface area (Å²) in [6, 6.07) is 4.11. The first-order valence-electron chi connectivity index (χ1n) is 7.83. The second-order valence-corrected chi connectivity index (χ2v) is 6.66. The molecule has 1 saturated carbocycles. The number of nitrogens with zero attached hydrogens (tertiary/aromatic N) is 2. The Bertz CT molecular complexity index is 723. The van der Waals surface area contributed by atoms with Gasteiger partial charge in [-0.1, -0.05) is 17.7 Å². The summed E-state index contributed by atoms with van der Waals surface area (Å²) in [4.78, 5) is 12.4. The third kappa shape index (κ3) is 3.60. The predicted molar refractivity (Wildman–Crippen MR) is 87.9 cm³/mol. The Morgan fingerprint density at radius 3 is 2.88 bits per heavy atom. The molecule has 1 aliphatic rings. The molecule has 2 N–H and O–H groups in total. The van der Waals surface area contributed by atoms with Crippen molar-refractivity contribution in [1.29, 1.82) is 0 Å². The Morgan fingerprint density at radius 1 is 1.54 bits per heavy atom. The van der Waals surface area contributed by atoms with Crippen molar-refractivity contribution in [2.45, 2.75) is 31.4 Å². The first kappa shape index (κ1) is 16.9. The average molecular weight is 352 g/mol. The summed E-state index contributed by atoms with van der Waals surface area (Å²) in [5.74, 6) is -0.656. The molecule has 7 heteroatoms. The monoisotopic (exact) mass is 351 g/mol. The molecule has 3 rings (SSSR count). The van der Waals surface area contributed by atoms with Crippen LogP contribution >= 0.6 is 11.6 Å². The molecule has 1 aliphatic carbocycles. The minimum Gasteiger partial charge on any atom is -0.393 e. The number of rotatable bonds is 5. The van der Waals surface area contributed by atoms with Crippen molar-refractivity contribution < 1.29 is 14.3 Å². The lowest BCUT2D eigenvalue weighted by Crippen LogP contribution is -2.41. The molecular weight excluding hydrogens is 333 g/mol. The quantitative estimate of drug-likeness (QED) is 0.869. The Balaban J connectivity index is 1.74. The molecule has 1 amide bonds. The van der Waals surface area contributed by atoms with Gasteiger partial charge in [-0.3, -0.25) is 9.48 Å². The number of hydrogen-bond acceptors (Lipinski definition) is 3. The SMILES string of the molecule is Cn1cc([C@@H](NC(=O)Cc2c(F)cccc2Cl)C2CC(O)C2)cn1. The van der Waals surface area contributed by atoms with Crippen molar-refractivity contribution in [2.75, 3.05) is 0 Å². The molecule has 0 bridgehead atoms. The number of aryl methyl sites for hydroxylation is 1. The van der Waals surface area contributed by atoms with E-state index in [4.69, 9.17) is 11.6 Å². The Labute approximate surface area is 144 Å². The molecule has 2 aromatic rings. The number of benzene rings is 1. The van der Waals surface area contributed by atoms with Crippen molar-refractivity contribution in [3.63, 3.8) is 0 Å². The second-order valence-electron chi connectivity index (χ2n) is 6.25. The summed E-state index contributed by atoms with van der Waals surface area (Å²) in [7, 11) is 1.80. The van der Waals surface area contributed by atoms with Crippen LogP contribution in [0.2, 0.25) is 5.02 Å². The number of carbonyl (C=O) groups excluding carboxylic acids is 1. The lowest BCUT2D eigenvalue weighted by molar-refractivity contribution is -0.122. The molecular formula is C17H19ClFN3O2.